The summed E-state index contributed by atoms with van der Waals surface area (Å²) in [5.74, 6) is -0.123. The fourth-order valence-corrected chi connectivity index (χ4v) is 3.72. The number of amides is 1. The van der Waals surface area contributed by atoms with Gasteiger partial charge in [-0.2, -0.15) is 0 Å². The molecule has 1 aliphatic heterocycles. The van der Waals surface area contributed by atoms with Crippen LogP contribution in [-0.2, 0) is 4.79 Å². The number of piperidine rings is 1. The Kier molecular flexibility index (Phi) is 5.18. The standard InChI is InChI=1S/C19H26F2N2O/c1-3-13-11-23(19(24)14-4-5-14)9-8-18(13)22-12(2)16-7-6-15(20)10-17(16)21/h6-7,10,12-14,18,22H,3-5,8-9,11H2,1-2H3/t12-,13-,18-/m1/s1. The van der Waals surface area contributed by atoms with Crippen LogP contribution in [0.15, 0.2) is 18.2 Å². The highest BCUT2D eigenvalue weighted by Gasteiger charge is 2.37. The van der Waals surface area contributed by atoms with E-state index in [1.54, 1.807) is 0 Å². The van der Waals surface area contributed by atoms with Crippen LogP contribution in [0, 0.1) is 23.5 Å². The number of nitrogens with zero attached hydrogens (tertiary/aromatic N) is 1. The Balaban J connectivity index is 1.62. The summed E-state index contributed by atoms with van der Waals surface area (Å²) in [4.78, 5) is 14.3. The largest absolute Gasteiger partial charge is 0.342 e. The second-order valence-corrected chi connectivity index (χ2v) is 7.18. The summed E-state index contributed by atoms with van der Waals surface area (Å²) in [6.07, 6.45) is 3.93. The molecule has 5 heteroatoms. The maximum absolute atomic E-state index is 14.0. The number of carbonyl (C=O) groups is 1. The van der Waals surface area contributed by atoms with Crippen LogP contribution in [0.2, 0.25) is 0 Å². The van der Waals surface area contributed by atoms with E-state index in [9.17, 15) is 13.6 Å². The third kappa shape index (κ3) is 3.77. The van der Waals surface area contributed by atoms with Crippen molar-refractivity contribution in [2.75, 3.05) is 13.1 Å². The smallest absolute Gasteiger partial charge is 0.225 e. The molecule has 1 aliphatic carbocycles. The number of hydrogen-bond donors (Lipinski definition) is 1. The van der Waals surface area contributed by atoms with Gasteiger partial charge in [-0.05, 0) is 38.2 Å². The lowest BCUT2D eigenvalue weighted by Crippen LogP contribution is -2.51. The van der Waals surface area contributed by atoms with E-state index in [-0.39, 0.29) is 18.0 Å². The highest BCUT2D eigenvalue weighted by molar-refractivity contribution is 5.81. The first-order valence-electron chi connectivity index (χ1n) is 8.99. The molecule has 1 heterocycles. The second kappa shape index (κ2) is 7.18. The van der Waals surface area contributed by atoms with E-state index < -0.39 is 11.6 Å². The molecule has 0 spiro atoms. The van der Waals surface area contributed by atoms with E-state index >= 15 is 0 Å². The Morgan fingerprint density at radius 3 is 2.71 bits per heavy atom. The molecule has 1 N–H and O–H groups in total. The Morgan fingerprint density at radius 2 is 2.08 bits per heavy atom. The van der Waals surface area contributed by atoms with Crippen molar-refractivity contribution in [3.8, 4) is 0 Å². The Labute approximate surface area is 142 Å². The van der Waals surface area contributed by atoms with Crippen molar-refractivity contribution in [1.82, 2.24) is 10.2 Å². The van der Waals surface area contributed by atoms with E-state index in [0.29, 0.717) is 17.4 Å². The third-order valence-electron chi connectivity index (χ3n) is 5.39. The monoisotopic (exact) mass is 336 g/mol. The maximum atomic E-state index is 14.0. The lowest BCUT2D eigenvalue weighted by atomic mass is 9.88. The normalized spacial score (nSPS) is 25.6. The van der Waals surface area contributed by atoms with Gasteiger partial charge in [0.05, 0.1) is 0 Å². The molecule has 132 valence electrons. The molecule has 1 saturated heterocycles. The van der Waals surface area contributed by atoms with Gasteiger partial charge in [-0.15, -0.1) is 0 Å². The number of carbonyl (C=O) groups excluding carboxylic acids is 1. The summed E-state index contributed by atoms with van der Waals surface area (Å²) >= 11 is 0. The molecule has 1 amide bonds. The Hall–Kier alpha value is -1.49. The van der Waals surface area contributed by atoms with Gasteiger partial charge in [0.15, 0.2) is 0 Å². The molecule has 0 aromatic heterocycles. The molecule has 2 fully saturated rings. The van der Waals surface area contributed by atoms with Crippen molar-refractivity contribution in [2.24, 2.45) is 11.8 Å². The molecule has 0 unspecified atom stereocenters. The van der Waals surface area contributed by atoms with E-state index in [0.717, 1.165) is 44.8 Å². The fourth-order valence-electron chi connectivity index (χ4n) is 3.72. The lowest BCUT2D eigenvalue weighted by Gasteiger charge is -2.40. The van der Waals surface area contributed by atoms with Gasteiger partial charge in [-0.3, -0.25) is 4.79 Å². The molecular weight excluding hydrogens is 310 g/mol. The minimum absolute atomic E-state index is 0.185. The second-order valence-electron chi connectivity index (χ2n) is 7.18. The molecule has 3 nitrogen and oxygen atoms in total. The maximum Gasteiger partial charge on any atom is 0.225 e. The SMILES string of the molecule is CC[C@@H]1CN(C(=O)C2CC2)CC[C@H]1N[C@H](C)c1ccc(F)cc1F. The summed E-state index contributed by atoms with van der Waals surface area (Å²) in [6.45, 7) is 5.59. The number of rotatable bonds is 5. The van der Waals surface area contributed by atoms with Crippen LogP contribution >= 0.6 is 0 Å². The predicted octanol–water partition coefficient (Wildman–Crippen LogP) is 3.65. The van der Waals surface area contributed by atoms with Gasteiger partial charge in [0.1, 0.15) is 11.6 Å². The van der Waals surface area contributed by atoms with Gasteiger partial charge in [-0.1, -0.05) is 19.4 Å². The topological polar surface area (TPSA) is 32.3 Å². The van der Waals surface area contributed by atoms with E-state index in [4.69, 9.17) is 0 Å². The van der Waals surface area contributed by atoms with Crippen LogP contribution in [0.25, 0.3) is 0 Å². The predicted molar refractivity (Wildman–Crippen MR) is 89.4 cm³/mol. The zero-order valence-electron chi connectivity index (χ0n) is 14.4. The molecule has 3 atom stereocenters. The summed E-state index contributed by atoms with van der Waals surface area (Å²) in [5, 5.41) is 3.50. The molecule has 0 radical (unpaired) electrons. The number of benzene rings is 1. The summed E-state index contributed by atoms with van der Waals surface area (Å²) in [6, 6.07) is 3.80. The van der Waals surface area contributed by atoms with Gasteiger partial charge in [0, 0.05) is 42.7 Å². The molecule has 1 saturated carbocycles. The molecule has 1 aromatic rings. The molecule has 24 heavy (non-hydrogen) atoms. The van der Waals surface area contributed by atoms with Crippen molar-refractivity contribution in [3.63, 3.8) is 0 Å². The van der Waals surface area contributed by atoms with E-state index in [2.05, 4.69) is 12.2 Å². The van der Waals surface area contributed by atoms with E-state index in [1.807, 2.05) is 11.8 Å². The Bertz CT molecular complexity index is 603. The molecule has 2 aliphatic rings. The van der Waals surface area contributed by atoms with Crippen LogP contribution in [-0.4, -0.2) is 29.9 Å². The molecule has 1 aromatic carbocycles. The minimum atomic E-state index is -0.554. The van der Waals surface area contributed by atoms with E-state index in [1.165, 1.54) is 12.1 Å². The third-order valence-corrected chi connectivity index (χ3v) is 5.39. The van der Waals surface area contributed by atoms with Gasteiger partial charge in [0.25, 0.3) is 0 Å². The van der Waals surface area contributed by atoms with Gasteiger partial charge < -0.3 is 10.2 Å². The van der Waals surface area contributed by atoms with Gasteiger partial charge >= 0.3 is 0 Å². The van der Waals surface area contributed by atoms with Gasteiger partial charge in [-0.25, -0.2) is 8.78 Å². The highest BCUT2D eigenvalue weighted by Crippen LogP contribution is 2.33. The number of nitrogens with one attached hydrogen (secondary N) is 1. The molecule has 3 rings (SSSR count). The first-order valence-corrected chi connectivity index (χ1v) is 8.99. The zero-order chi connectivity index (χ0) is 17.3. The summed E-state index contributed by atoms with van der Waals surface area (Å²) in [5.41, 5.74) is 0.489. The fraction of sp³-hybridized carbons (Fsp3) is 0.632. The van der Waals surface area contributed by atoms with Crippen LogP contribution in [0.5, 0.6) is 0 Å². The van der Waals surface area contributed by atoms with Gasteiger partial charge in [0.2, 0.25) is 5.91 Å². The number of likely N-dealkylation sites (tertiary alicyclic amines) is 1. The quantitative estimate of drug-likeness (QED) is 0.890. The number of halogens is 2. The van der Waals surface area contributed by atoms with Crippen molar-refractivity contribution in [1.29, 1.82) is 0 Å². The summed E-state index contributed by atoms with van der Waals surface area (Å²) < 4.78 is 27.0. The average molecular weight is 336 g/mol. The van der Waals surface area contributed by atoms with Crippen LogP contribution in [0.1, 0.15) is 51.1 Å². The van der Waals surface area contributed by atoms with Crippen LogP contribution in [0.4, 0.5) is 8.78 Å². The van der Waals surface area contributed by atoms with Crippen molar-refractivity contribution in [2.45, 2.75) is 51.6 Å². The summed E-state index contributed by atoms with van der Waals surface area (Å²) in [7, 11) is 0. The van der Waals surface area contributed by atoms with Crippen molar-refractivity contribution >= 4 is 5.91 Å². The van der Waals surface area contributed by atoms with Crippen molar-refractivity contribution in [3.05, 3.63) is 35.4 Å². The minimum Gasteiger partial charge on any atom is -0.342 e. The first kappa shape index (κ1) is 17.3. The van der Waals surface area contributed by atoms with Crippen LogP contribution < -0.4 is 5.32 Å². The zero-order valence-corrected chi connectivity index (χ0v) is 14.4. The lowest BCUT2D eigenvalue weighted by molar-refractivity contribution is -0.134. The highest BCUT2D eigenvalue weighted by atomic mass is 19.1. The molecular formula is C19H26F2N2O. The van der Waals surface area contributed by atoms with Crippen LogP contribution in [0.3, 0.4) is 0 Å². The Morgan fingerprint density at radius 1 is 1.33 bits per heavy atom. The average Bonchev–Trinajstić information content (AvgIpc) is 3.39. The number of hydrogen-bond acceptors (Lipinski definition) is 2. The first-order chi connectivity index (χ1) is 11.5. The molecule has 0 bridgehead atoms. The van der Waals surface area contributed by atoms with Crippen molar-refractivity contribution < 1.29 is 13.6 Å².